The van der Waals surface area contributed by atoms with Gasteiger partial charge in [-0.15, -0.1) is 0 Å². The maximum Gasteiger partial charge on any atom is 0.254 e. The van der Waals surface area contributed by atoms with E-state index in [0.717, 1.165) is 31.6 Å². The average molecular weight is 250 g/mol. The molecule has 0 fully saturated rings. The van der Waals surface area contributed by atoms with E-state index >= 15 is 0 Å². The van der Waals surface area contributed by atoms with E-state index in [-0.39, 0.29) is 5.91 Å². The first-order valence-electron chi connectivity index (χ1n) is 6.36. The molecule has 0 saturated heterocycles. The van der Waals surface area contributed by atoms with Crippen molar-refractivity contribution in [1.82, 2.24) is 9.88 Å². The molecular weight excluding hydrogens is 228 g/mol. The van der Waals surface area contributed by atoms with E-state index in [1.807, 2.05) is 11.8 Å². The predicted molar refractivity (Wildman–Crippen MR) is 73.3 cm³/mol. The largest absolute Gasteiger partial charge is 0.339 e. The average Bonchev–Trinajstić information content (AvgIpc) is 2.36. The van der Waals surface area contributed by atoms with E-state index in [1.54, 1.807) is 12.1 Å². The lowest BCUT2D eigenvalue weighted by Gasteiger charge is -2.21. The predicted octanol–water partition coefficient (Wildman–Crippen LogP) is 1.94. The van der Waals surface area contributed by atoms with Crippen LogP contribution in [0.2, 0.25) is 0 Å². The summed E-state index contributed by atoms with van der Waals surface area (Å²) in [4.78, 5) is 18.4. The Bertz CT molecular complexity index is 400. The Morgan fingerprint density at radius 3 is 2.44 bits per heavy atom. The van der Waals surface area contributed by atoms with Gasteiger partial charge in [0.25, 0.3) is 5.91 Å². The maximum absolute atomic E-state index is 12.4. The van der Waals surface area contributed by atoms with Crippen LogP contribution in [0.1, 0.15) is 42.7 Å². The highest BCUT2D eigenvalue weighted by Gasteiger charge is 2.15. The van der Waals surface area contributed by atoms with Crippen LogP contribution in [0, 0.1) is 6.92 Å². The second-order valence-electron chi connectivity index (χ2n) is 4.32. The van der Waals surface area contributed by atoms with Crippen molar-refractivity contribution in [2.45, 2.75) is 33.6 Å². The molecule has 0 spiro atoms. The summed E-state index contributed by atoms with van der Waals surface area (Å²) in [7, 11) is 0. The molecule has 1 amide bonds. The Kier molecular flexibility index (Phi) is 5.58. The minimum Gasteiger partial charge on any atom is -0.339 e. The van der Waals surface area contributed by atoms with E-state index in [2.05, 4.69) is 24.3 Å². The van der Waals surface area contributed by atoms with E-state index in [1.165, 1.54) is 0 Å². The van der Waals surface area contributed by atoms with Gasteiger partial charge in [0, 0.05) is 24.3 Å². The van der Waals surface area contributed by atoms with E-state index < -0.39 is 0 Å². The van der Waals surface area contributed by atoms with Crippen LogP contribution in [0.4, 0.5) is 5.82 Å². The first kappa shape index (κ1) is 14.4. The minimum absolute atomic E-state index is 0.0423. The van der Waals surface area contributed by atoms with Crippen LogP contribution in [0.5, 0.6) is 0 Å². The van der Waals surface area contributed by atoms with E-state index in [9.17, 15) is 4.79 Å². The summed E-state index contributed by atoms with van der Waals surface area (Å²) in [5, 5.41) is 0. The fourth-order valence-electron chi connectivity index (χ4n) is 1.90. The number of hydrogen-bond acceptors (Lipinski definition) is 4. The van der Waals surface area contributed by atoms with Crippen LogP contribution < -0.4 is 11.3 Å². The number of aromatic nitrogens is 1. The van der Waals surface area contributed by atoms with Gasteiger partial charge in [0.05, 0.1) is 0 Å². The molecule has 0 saturated carbocycles. The van der Waals surface area contributed by atoms with Crippen LogP contribution in [-0.2, 0) is 0 Å². The first-order chi connectivity index (χ1) is 8.62. The highest BCUT2D eigenvalue weighted by molar-refractivity contribution is 5.95. The molecule has 100 valence electrons. The Morgan fingerprint density at radius 1 is 1.33 bits per heavy atom. The van der Waals surface area contributed by atoms with Gasteiger partial charge in [0.2, 0.25) is 0 Å². The Labute approximate surface area is 108 Å². The summed E-state index contributed by atoms with van der Waals surface area (Å²) in [6.45, 7) is 7.54. The van der Waals surface area contributed by atoms with E-state index in [0.29, 0.717) is 11.4 Å². The van der Waals surface area contributed by atoms with Crippen LogP contribution >= 0.6 is 0 Å². The second kappa shape index (κ2) is 6.96. The first-order valence-corrected chi connectivity index (χ1v) is 6.36. The van der Waals surface area contributed by atoms with Gasteiger partial charge in [0.15, 0.2) is 0 Å². The van der Waals surface area contributed by atoms with Crippen LogP contribution in [0.25, 0.3) is 0 Å². The van der Waals surface area contributed by atoms with Crippen molar-refractivity contribution in [1.29, 1.82) is 0 Å². The number of amides is 1. The van der Waals surface area contributed by atoms with Crippen LogP contribution in [0.3, 0.4) is 0 Å². The molecule has 0 aliphatic rings. The fourth-order valence-corrected chi connectivity index (χ4v) is 1.90. The Morgan fingerprint density at radius 2 is 1.94 bits per heavy atom. The molecule has 0 bridgehead atoms. The molecule has 5 nitrogen and oxygen atoms in total. The number of carbonyl (C=O) groups excluding carboxylic acids is 1. The molecule has 0 atom stereocenters. The zero-order valence-corrected chi connectivity index (χ0v) is 11.4. The molecule has 3 N–H and O–H groups in total. The summed E-state index contributed by atoms with van der Waals surface area (Å²) in [6, 6.07) is 3.48. The highest BCUT2D eigenvalue weighted by atomic mass is 16.2. The lowest BCUT2D eigenvalue weighted by atomic mass is 10.2. The van der Waals surface area contributed by atoms with Gasteiger partial charge in [-0.05, 0) is 31.9 Å². The molecular formula is C13H22N4O. The van der Waals surface area contributed by atoms with Crippen molar-refractivity contribution >= 4 is 11.7 Å². The molecule has 0 radical (unpaired) electrons. The Hall–Kier alpha value is -1.62. The smallest absolute Gasteiger partial charge is 0.254 e. The minimum atomic E-state index is 0.0423. The van der Waals surface area contributed by atoms with Gasteiger partial charge < -0.3 is 10.3 Å². The van der Waals surface area contributed by atoms with Crippen molar-refractivity contribution in [3.8, 4) is 0 Å². The third-order valence-electron chi connectivity index (χ3n) is 2.62. The Balaban J connectivity index is 2.96. The zero-order valence-electron chi connectivity index (χ0n) is 11.4. The van der Waals surface area contributed by atoms with Crippen molar-refractivity contribution in [2.24, 2.45) is 5.84 Å². The molecule has 1 aromatic rings. The lowest BCUT2D eigenvalue weighted by Crippen LogP contribution is -2.32. The molecule has 0 aromatic carbocycles. The number of nitrogens with one attached hydrogen (secondary N) is 1. The fraction of sp³-hybridized carbons (Fsp3) is 0.538. The monoisotopic (exact) mass is 250 g/mol. The summed E-state index contributed by atoms with van der Waals surface area (Å²) in [6.07, 6.45) is 1.91. The second-order valence-corrected chi connectivity index (χ2v) is 4.32. The summed E-state index contributed by atoms with van der Waals surface area (Å²) < 4.78 is 0. The molecule has 1 heterocycles. The summed E-state index contributed by atoms with van der Waals surface area (Å²) >= 11 is 0. The van der Waals surface area contributed by atoms with Gasteiger partial charge in [-0.2, -0.15) is 0 Å². The van der Waals surface area contributed by atoms with Crippen LogP contribution in [0.15, 0.2) is 12.1 Å². The van der Waals surface area contributed by atoms with Crippen molar-refractivity contribution in [2.75, 3.05) is 18.5 Å². The number of pyridine rings is 1. The van der Waals surface area contributed by atoms with E-state index in [4.69, 9.17) is 5.84 Å². The topological polar surface area (TPSA) is 71.2 Å². The molecule has 0 aliphatic carbocycles. The third kappa shape index (κ3) is 3.70. The third-order valence-corrected chi connectivity index (χ3v) is 2.62. The lowest BCUT2D eigenvalue weighted by molar-refractivity contribution is 0.0755. The standard InChI is InChI=1S/C13H22N4O/c1-4-6-17(7-5-2)13(18)11-8-10(3)15-12(9-11)16-14/h8-9H,4-7,14H2,1-3H3,(H,15,16). The molecule has 0 aliphatic heterocycles. The quantitative estimate of drug-likeness (QED) is 0.598. The maximum atomic E-state index is 12.4. The zero-order chi connectivity index (χ0) is 13.5. The number of nitrogens with two attached hydrogens (primary N) is 1. The number of anilines is 1. The van der Waals surface area contributed by atoms with Crippen molar-refractivity contribution in [3.63, 3.8) is 0 Å². The van der Waals surface area contributed by atoms with Gasteiger partial charge in [0.1, 0.15) is 5.82 Å². The number of carbonyl (C=O) groups is 1. The number of hydrogen-bond donors (Lipinski definition) is 2. The van der Waals surface area contributed by atoms with Gasteiger partial charge in [-0.1, -0.05) is 13.8 Å². The van der Waals surface area contributed by atoms with Crippen LogP contribution in [-0.4, -0.2) is 28.9 Å². The summed E-state index contributed by atoms with van der Waals surface area (Å²) in [5.41, 5.74) is 3.90. The van der Waals surface area contributed by atoms with Gasteiger partial charge >= 0.3 is 0 Å². The molecule has 1 aromatic heterocycles. The number of rotatable bonds is 6. The highest BCUT2D eigenvalue weighted by Crippen LogP contribution is 2.12. The van der Waals surface area contributed by atoms with Crippen molar-refractivity contribution < 1.29 is 4.79 Å². The number of aryl methyl sites for hydroxylation is 1. The van der Waals surface area contributed by atoms with Gasteiger partial charge in [-0.3, -0.25) is 4.79 Å². The number of nitrogens with zero attached hydrogens (tertiary/aromatic N) is 2. The molecule has 5 heteroatoms. The van der Waals surface area contributed by atoms with Crippen molar-refractivity contribution in [3.05, 3.63) is 23.4 Å². The molecule has 1 rings (SSSR count). The molecule has 18 heavy (non-hydrogen) atoms. The molecule has 0 unspecified atom stereocenters. The SMILES string of the molecule is CCCN(CCC)C(=O)c1cc(C)nc(NN)c1. The number of nitrogen functional groups attached to an aromatic ring is 1. The summed E-state index contributed by atoms with van der Waals surface area (Å²) in [5.74, 6) is 5.91. The van der Waals surface area contributed by atoms with Gasteiger partial charge in [-0.25, -0.2) is 10.8 Å². The number of hydrazine groups is 1. The normalized spacial score (nSPS) is 10.2.